The number of fused-ring (bicyclic) bond motifs is 1. The Morgan fingerprint density at radius 2 is 1.73 bits per heavy atom. The van der Waals surface area contributed by atoms with Gasteiger partial charge in [0.2, 0.25) is 0 Å². The minimum absolute atomic E-state index is 0.0786. The van der Waals surface area contributed by atoms with E-state index in [0.717, 1.165) is 93.4 Å². The van der Waals surface area contributed by atoms with Crippen molar-refractivity contribution in [1.82, 2.24) is 20.3 Å². The van der Waals surface area contributed by atoms with Gasteiger partial charge in [0.1, 0.15) is 22.8 Å². The zero-order valence-corrected chi connectivity index (χ0v) is 21.1. The van der Waals surface area contributed by atoms with Crippen molar-refractivity contribution in [2.24, 2.45) is 0 Å². The summed E-state index contributed by atoms with van der Waals surface area (Å²) in [5.74, 6) is 1.59. The van der Waals surface area contributed by atoms with Gasteiger partial charge in [0.05, 0.1) is 24.8 Å². The van der Waals surface area contributed by atoms with Crippen LogP contribution in [0, 0.1) is 0 Å². The fraction of sp³-hybridized carbons (Fsp3) is 0.500. The van der Waals surface area contributed by atoms with E-state index in [1.54, 1.807) is 18.5 Å². The first kappa shape index (κ1) is 23.9. The number of nitrogens with one attached hydrogen (secondary N) is 1. The Labute approximate surface area is 217 Å². The van der Waals surface area contributed by atoms with Crippen molar-refractivity contribution < 1.29 is 14.3 Å². The lowest BCUT2D eigenvalue weighted by Gasteiger charge is -2.31. The summed E-state index contributed by atoms with van der Waals surface area (Å²) in [7, 11) is 0. The number of ether oxygens (including phenoxy) is 2. The average Bonchev–Trinajstić information content (AvgIpc) is 3.50. The van der Waals surface area contributed by atoms with E-state index in [0.29, 0.717) is 5.69 Å². The molecule has 3 aromatic rings. The smallest absolute Gasteiger partial charge is 0.270 e. The highest BCUT2D eigenvalue weighted by atomic mass is 16.5. The summed E-state index contributed by atoms with van der Waals surface area (Å²) in [6.45, 7) is 5.18. The first-order valence-electron chi connectivity index (χ1n) is 13.5. The van der Waals surface area contributed by atoms with Crippen molar-refractivity contribution in [3.05, 3.63) is 48.4 Å². The van der Waals surface area contributed by atoms with Crippen LogP contribution in [-0.4, -0.2) is 72.4 Å². The van der Waals surface area contributed by atoms with Gasteiger partial charge in [0.25, 0.3) is 5.91 Å². The number of carbonyl (C=O) groups is 1. The number of hydrogen-bond acceptors (Lipinski definition) is 8. The molecule has 1 saturated carbocycles. The van der Waals surface area contributed by atoms with E-state index in [2.05, 4.69) is 42.2 Å². The van der Waals surface area contributed by atoms with E-state index in [1.165, 1.54) is 12.8 Å². The lowest BCUT2D eigenvalue weighted by molar-refractivity contribution is 0.0890. The standard InChI is InChI=1S/C28H34N6O3/c35-28(23-4-3-5-26(32-23)34-12-1-2-13-34)31-20-6-8-22(9-7-20)37-25-19-21(33-14-16-36-17-15-33)18-24-27(25)30-11-10-29-24/h3-5,10-11,18-20,22H,1-2,6-9,12-17H2,(H,31,35)/t20-,22+. The summed E-state index contributed by atoms with van der Waals surface area (Å²) in [4.78, 5) is 31.2. The van der Waals surface area contributed by atoms with Crippen LogP contribution in [0.1, 0.15) is 49.0 Å². The zero-order chi connectivity index (χ0) is 25.0. The highest BCUT2D eigenvalue weighted by Gasteiger charge is 2.26. The number of carbonyl (C=O) groups excluding carboxylic acids is 1. The van der Waals surface area contributed by atoms with Crippen LogP contribution in [0.25, 0.3) is 11.0 Å². The molecule has 0 bridgehead atoms. The van der Waals surface area contributed by atoms with Gasteiger partial charge in [0.15, 0.2) is 0 Å². The summed E-state index contributed by atoms with van der Waals surface area (Å²) in [5, 5.41) is 3.20. The Morgan fingerprint density at radius 1 is 0.946 bits per heavy atom. The van der Waals surface area contributed by atoms with Crippen LogP contribution in [0.3, 0.4) is 0 Å². The van der Waals surface area contributed by atoms with Gasteiger partial charge < -0.3 is 24.6 Å². The highest BCUT2D eigenvalue weighted by Crippen LogP contribution is 2.33. The van der Waals surface area contributed by atoms with Crippen molar-refractivity contribution in [3.8, 4) is 5.75 Å². The number of rotatable bonds is 6. The maximum absolute atomic E-state index is 12.9. The summed E-state index contributed by atoms with van der Waals surface area (Å²) in [6, 6.07) is 10.0. The molecule has 9 heteroatoms. The molecule has 1 amide bonds. The second kappa shape index (κ2) is 10.9. The van der Waals surface area contributed by atoms with E-state index in [9.17, 15) is 4.79 Å². The molecular weight excluding hydrogens is 468 g/mol. The van der Waals surface area contributed by atoms with Gasteiger partial charge in [-0.3, -0.25) is 9.78 Å². The van der Waals surface area contributed by atoms with Gasteiger partial charge in [0, 0.05) is 56.4 Å². The number of aromatic nitrogens is 3. The first-order chi connectivity index (χ1) is 18.2. The monoisotopic (exact) mass is 502 g/mol. The van der Waals surface area contributed by atoms with E-state index in [-0.39, 0.29) is 18.1 Å². The zero-order valence-electron chi connectivity index (χ0n) is 21.1. The quantitative estimate of drug-likeness (QED) is 0.547. The minimum Gasteiger partial charge on any atom is -0.488 e. The number of anilines is 2. The Morgan fingerprint density at radius 3 is 2.54 bits per heavy atom. The number of nitrogens with zero attached hydrogens (tertiary/aromatic N) is 5. The third-order valence-corrected chi connectivity index (χ3v) is 7.60. The van der Waals surface area contributed by atoms with Gasteiger partial charge in [-0.15, -0.1) is 0 Å². The molecule has 2 saturated heterocycles. The van der Waals surface area contributed by atoms with E-state index in [4.69, 9.17) is 9.47 Å². The summed E-state index contributed by atoms with van der Waals surface area (Å²) >= 11 is 0. The number of pyridine rings is 1. The average molecular weight is 503 g/mol. The lowest BCUT2D eigenvalue weighted by atomic mass is 9.92. The molecule has 1 aromatic carbocycles. The molecule has 9 nitrogen and oxygen atoms in total. The maximum atomic E-state index is 12.9. The Bertz CT molecular complexity index is 1230. The molecule has 2 aromatic heterocycles. The largest absolute Gasteiger partial charge is 0.488 e. The molecule has 0 radical (unpaired) electrons. The van der Waals surface area contributed by atoms with E-state index < -0.39 is 0 Å². The molecule has 2 aliphatic heterocycles. The maximum Gasteiger partial charge on any atom is 0.270 e. The molecular formula is C28H34N6O3. The van der Waals surface area contributed by atoms with Gasteiger partial charge in [-0.05, 0) is 56.7 Å². The number of hydrogen-bond donors (Lipinski definition) is 1. The van der Waals surface area contributed by atoms with Crippen molar-refractivity contribution >= 4 is 28.4 Å². The lowest BCUT2D eigenvalue weighted by Crippen LogP contribution is -2.40. The van der Waals surface area contributed by atoms with Crippen molar-refractivity contribution in [2.75, 3.05) is 49.2 Å². The van der Waals surface area contributed by atoms with E-state index in [1.807, 2.05) is 12.1 Å². The molecule has 0 unspecified atom stereocenters. The Hall–Kier alpha value is -3.46. The van der Waals surface area contributed by atoms with Crippen molar-refractivity contribution in [2.45, 2.75) is 50.7 Å². The van der Waals surface area contributed by atoms with Crippen LogP contribution in [0.15, 0.2) is 42.7 Å². The van der Waals surface area contributed by atoms with Crippen LogP contribution in [0.2, 0.25) is 0 Å². The van der Waals surface area contributed by atoms with Gasteiger partial charge in [-0.2, -0.15) is 0 Å². The topological polar surface area (TPSA) is 92.7 Å². The summed E-state index contributed by atoms with van der Waals surface area (Å²) in [5.41, 5.74) is 3.22. The summed E-state index contributed by atoms with van der Waals surface area (Å²) < 4.78 is 12.0. The Balaban J connectivity index is 1.08. The van der Waals surface area contributed by atoms with Crippen molar-refractivity contribution in [3.63, 3.8) is 0 Å². The van der Waals surface area contributed by atoms with Crippen LogP contribution in [0.5, 0.6) is 5.75 Å². The van der Waals surface area contributed by atoms with E-state index >= 15 is 0 Å². The molecule has 37 heavy (non-hydrogen) atoms. The predicted molar refractivity (Wildman–Crippen MR) is 142 cm³/mol. The molecule has 0 spiro atoms. The Kier molecular flexibility index (Phi) is 7.03. The van der Waals surface area contributed by atoms with Crippen LogP contribution in [-0.2, 0) is 4.74 Å². The number of morpholine rings is 1. The second-order valence-corrected chi connectivity index (χ2v) is 10.1. The normalized spacial score (nSPS) is 22.3. The molecule has 1 aliphatic carbocycles. The third kappa shape index (κ3) is 5.46. The highest BCUT2D eigenvalue weighted by molar-refractivity contribution is 5.92. The molecule has 194 valence electrons. The molecule has 3 fully saturated rings. The fourth-order valence-electron chi connectivity index (χ4n) is 5.56. The molecule has 0 atom stereocenters. The summed E-state index contributed by atoms with van der Waals surface area (Å²) in [6.07, 6.45) is 9.36. The number of benzene rings is 1. The van der Waals surface area contributed by atoms with Crippen LogP contribution < -0.4 is 19.9 Å². The third-order valence-electron chi connectivity index (χ3n) is 7.60. The molecule has 4 heterocycles. The SMILES string of the molecule is O=C(N[C@H]1CC[C@@H](Oc2cc(N3CCOCC3)cc3nccnc23)CC1)c1cccc(N2CCCC2)n1. The van der Waals surface area contributed by atoms with Crippen LogP contribution in [0.4, 0.5) is 11.5 Å². The van der Waals surface area contributed by atoms with Gasteiger partial charge >= 0.3 is 0 Å². The number of amides is 1. The minimum atomic E-state index is -0.0927. The molecule has 1 N–H and O–H groups in total. The van der Waals surface area contributed by atoms with Gasteiger partial charge in [-0.25, -0.2) is 9.97 Å². The van der Waals surface area contributed by atoms with Gasteiger partial charge in [-0.1, -0.05) is 6.07 Å². The molecule has 6 rings (SSSR count). The predicted octanol–water partition coefficient (Wildman–Crippen LogP) is 3.58. The first-order valence-corrected chi connectivity index (χ1v) is 13.5. The van der Waals surface area contributed by atoms with Crippen LogP contribution >= 0.6 is 0 Å². The second-order valence-electron chi connectivity index (χ2n) is 10.1. The molecule has 3 aliphatic rings. The fourth-order valence-corrected chi connectivity index (χ4v) is 5.56. The van der Waals surface area contributed by atoms with Crippen molar-refractivity contribution in [1.29, 1.82) is 0 Å².